The molecular formula is C15H14N4O2S2. The molecule has 0 atom stereocenters. The minimum Gasteiger partial charge on any atom is -0.310 e. The van der Waals surface area contributed by atoms with Crippen LogP contribution in [-0.4, -0.2) is 26.0 Å². The van der Waals surface area contributed by atoms with Gasteiger partial charge in [0.25, 0.3) is 5.56 Å². The van der Waals surface area contributed by atoms with Gasteiger partial charge < -0.3 is 5.32 Å². The van der Waals surface area contributed by atoms with Gasteiger partial charge in [0.15, 0.2) is 4.96 Å². The molecule has 0 saturated heterocycles. The van der Waals surface area contributed by atoms with Crippen LogP contribution in [0.2, 0.25) is 0 Å². The highest BCUT2D eigenvalue weighted by atomic mass is 32.2. The van der Waals surface area contributed by atoms with Crippen LogP contribution in [0.25, 0.3) is 4.96 Å². The summed E-state index contributed by atoms with van der Waals surface area (Å²) in [7, 11) is 0. The number of aromatic nitrogens is 3. The van der Waals surface area contributed by atoms with E-state index in [1.807, 2.05) is 24.4 Å². The molecule has 3 aromatic rings. The van der Waals surface area contributed by atoms with E-state index in [1.54, 1.807) is 12.4 Å². The third-order valence-electron chi connectivity index (χ3n) is 3.02. The predicted molar refractivity (Wildman–Crippen MR) is 93.1 cm³/mol. The molecule has 0 fully saturated rings. The van der Waals surface area contributed by atoms with Crippen molar-refractivity contribution in [2.45, 2.75) is 12.7 Å². The topological polar surface area (TPSA) is 76.4 Å². The van der Waals surface area contributed by atoms with Crippen LogP contribution in [0.15, 0.2) is 40.8 Å². The van der Waals surface area contributed by atoms with Crippen molar-refractivity contribution in [2.24, 2.45) is 0 Å². The lowest BCUT2D eigenvalue weighted by atomic mass is 10.3. The Labute approximate surface area is 140 Å². The van der Waals surface area contributed by atoms with Crippen molar-refractivity contribution in [3.05, 3.63) is 57.6 Å². The first-order chi connectivity index (χ1) is 11.1. The van der Waals surface area contributed by atoms with Crippen molar-refractivity contribution in [1.29, 1.82) is 0 Å². The Morgan fingerprint density at radius 2 is 2.30 bits per heavy atom. The van der Waals surface area contributed by atoms with Crippen molar-refractivity contribution < 1.29 is 4.79 Å². The Morgan fingerprint density at radius 1 is 1.43 bits per heavy atom. The minimum atomic E-state index is -0.123. The maximum Gasteiger partial charge on any atom is 0.258 e. The van der Waals surface area contributed by atoms with Crippen molar-refractivity contribution in [2.75, 3.05) is 11.1 Å². The van der Waals surface area contributed by atoms with Crippen LogP contribution in [0.1, 0.15) is 11.3 Å². The monoisotopic (exact) mass is 346 g/mol. The first-order valence-electron chi connectivity index (χ1n) is 6.88. The van der Waals surface area contributed by atoms with Crippen LogP contribution in [0.3, 0.4) is 0 Å². The molecule has 0 aliphatic heterocycles. The van der Waals surface area contributed by atoms with Crippen molar-refractivity contribution >= 4 is 39.8 Å². The van der Waals surface area contributed by atoms with Crippen LogP contribution in [-0.2, 0) is 10.5 Å². The second kappa shape index (κ2) is 6.93. The summed E-state index contributed by atoms with van der Waals surface area (Å²) in [5.74, 6) is 1.22. The Hall–Kier alpha value is -2.19. The van der Waals surface area contributed by atoms with E-state index in [4.69, 9.17) is 0 Å². The number of aryl methyl sites for hydroxylation is 1. The second-order valence-electron chi connectivity index (χ2n) is 4.90. The summed E-state index contributed by atoms with van der Waals surface area (Å²) >= 11 is 2.83. The molecule has 8 heteroatoms. The average molecular weight is 346 g/mol. The highest BCUT2D eigenvalue weighted by molar-refractivity contribution is 7.99. The molecule has 0 aromatic carbocycles. The van der Waals surface area contributed by atoms with E-state index in [0.29, 0.717) is 22.2 Å². The molecule has 1 amide bonds. The number of anilines is 1. The summed E-state index contributed by atoms with van der Waals surface area (Å²) in [5.41, 5.74) is 1.63. The molecule has 0 unspecified atom stereocenters. The van der Waals surface area contributed by atoms with Crippen LogP contribution in [0.5, 0.6) is 0 Å². The van der Waals surface area contributed by atoms with Gasteiger partial charge in [-0.2, -0.15) is 0 Å². The number of carbonyl (C=O) groups excluding carboxylic acids is 1. The van der Waals surface area contributed by atoms with E-state index in [2.05, 4.69) is 15.3 Å². The quantitative estimate of drug-likeness (QED) is 0.767. The normalized spacial score (nSPS) is 10.8. The third kappa shape index (κ3) is 3.96. The first-order valence-corrected chi connectivity index (χ1v) is 8.91. The molecule has 0 spiro atoms. The van der Waals surface area contributed by atoms with Gasteiger partial charge in [0, 0.05) is 29.6 Å². The minimum absolute atomic E-state index is 0.0970. The summed E-state index contributed by atoms with van der Waals surface area (Å²) in [6.45, 7) is 1.94. The highest BCUT2D eigenvalue weighted by Crippen LogP contribution is 2.13. The maximum atomic E-state index is 11.9. The van der Waals surface area contributed by atoms with Crippen LogP contribution in [0.4, 0.5) is 5.82 Å². The summed E-state index contributed by atoms with van der Waals surface area (Å²) in [5, 5.41) is 4.57. The number of thioether (sulfide) groups is 1. The number of amides is 1. The lowest BCUT2D eigenvalue weighted by Gasteiger charge is -2.05. The Bertz CT molecular complexity index is 904. The van der Waals surface area contributed by atoms with E-state index >= 15 is 0 Å². The van der Waals surface area contributed by atoms with Gasteiger partial charge in [-0.3, -0.25) is 14.0 Å². The molecule has 3 aromatic heterocycles. The number of pyridine rings is 1. The molecule has 0 aliphatic carbocycles. The Balaban J connectivity index is 1.56. The number of carbonyl (C=O) groups is 1. The van der Waals surface area contributed by atoms with Crippen LogP contribution < -0.4 is 10.9 Å². The molecule has 6 nitrogen and oxygen atoms in total. The summed E-state index contributed by atoms with van der Waals surface area (Å²) in [6.07, 6.45) is 3.36. The zero-order valence-electron chi connectivity index (χ0n) is 12.4. The smallest absolute Gasteiger partial charge is 0.258 e. The van der Waals surface area contributed by atoms with E-state index in [-0.39, 0.29) is 17.2 Å². The van der Waals surface area contributed by atoms with Gasteiger partial charge in [-0.15, -0.1) is 23.1 Å². The van der Waals surface area contributed by atoms with Gasteiger partial charge in [0.1, 0.15) is 5.82 Å². The van der Waals surface area contributed by atoms with Gasteiger partial charge in [-0.05, 0) is 24.6 Å². The number of rotatable bonds is 5. The zero-order valence-corrected chi connectivity index (χ0v) is 14.0. The fourth-order valence-corrected chi connectivity index (χ4v) is 3.45. The van der Waals surface area contributed by atoms with E-state index < -0.39 is 0 Å². The van der Waals surface area contributed by atoms with Gasteiger partial charge >= 0.3 is 0 Å². The zero-order chi connectivity index (χ0) is 16.2. The fourth-order valence-electron chi connectivity index (χ4n) is 1.99. The first kappa shape index (κ1) is 15.7. The van der Waals surface area contributed by atoms with Gasteiger partial charge in [-0.25, -0.2) is 9.97 Å². The molecule has 1 N–H and O–H groups in total. The highest BCUT2D eigenvalue weighted by Gasteiger charge is 2.07. The number of thiazole rings is 1. The summed E-state index contributed by atoms with van der Waals surface area (Å²) < 4.78 is 1.51. The molecule has 3 rings (SSSR count). The molecule has 0 radical (unpaired) electrons. The third-order valence-corrected chi connectivity index (χ3v) is 4.75. The molecular weight excluding hydrogens is 332 g/mol. The lowest BCUT2D eigenvalue weighted by molar-refractivity contribution is -0.113. The maximum absolute atomic E-state index is 11.9. The van der Waals surface area contributed by atoms with Crippen molar-refractivity contribution in [3.63, 3.8) is 0 Å². The van der Waals surface area contributed by atoms with E-state index in [0.717, 1.165) is 5.56 Å². The number of nitrogens with zero attached hydrogens (tertiary/aromatic N) is 3. The van der Waals surface area contributed by atoms with Crippen LogP contribution >= 0.6 is 23.1 Å². The molecule has 23 heavy (non-hydrogen) atoms. The summed E-state index contributed by atoms with van der Waals surface area (Å²) in [6, 6.07) is 5.19. The fraction of sp³-hybridized carbons (Fsp3) is 0.200. The molecule has 0 bridgehead atoms. The second-order valence-corrected chi connectivity index (χ2v) is 6.76. The number of fused-ring (bicyclic) bond motifs is 1. The number of hydrogen-bond acceptors (Lipinski definition) is 6. The molecule has 3 heterocycles. The van der Waals surface area contributed by atoms with Gasteiger partial charge in [0.05, 0.1) is 11.4 Å². The molecule has 0 saturated carbocycles. The van der Waals surface area contributed by atoms with E-state index in [9.17, 15) is 9.59 Å². The SMILES string of the molecule is Cc1ccnc(NC(=O)CSCc2cc(=O)n3ccsc3n2)c1. The standard InChI is InChI=1S/C15H14N4O2S2/c1-10-2-3-16-12(6-10)18-13(20)9-22-8-11-7-14(21)19-4-5-23-15(19)17-11/h2-7H,8-9H2,1H3,(H,16,18,20). The van der Waals surface area contributed by atoms with Crippen molar-refractivity contribution in [1.82, 2.24) is 14.4 Å². The number of hydrogen-bond donors (Lipinski definition) is 1. The number of nitrogens with one attached hydrogen (secondary N) is 1. The van der Waals surface area contributed by atoms with Crippen LogP contribution in [0, 0.1) is 6.92 Å². The lowest BCUT2D eigenvalue weighted by Crippen LogP contribution is -2.16. The average Bonchev–Trinajstić information content (AvgIpc) is 2.96. The predicted octanol–water partition coefficient (Wildman–Crippen LogP) is 2.33. The summed E-state index contributed by atoms with van der Waals surface area (Å²) in [4.78, 5) is 32.9. The van der Waals surface area contributed by atoms with Gasteiger partial charge in [0.2, 0.25) is 5.91 Å². The Kier molecular flexibility index (Phi) is 4.73. The largest absolute Gasteiger partial charge is 0.310 e. The van der Waals surface area contributed by atoms with E-state index in [1.165, 1.54) is 33.6 Å². The Morgan fingerprint density at radius 3 is 3.13 bits per heavy atom. The van der Waals surface area contributed by atoms with Gasteiger partial charge in [-0.1, -0.05) is 0 Å². The van der Waals surface area contributed by atoms with Crippen molar-refractivity contribution in [3.8, 4) is 0 Å². The molecule has 0 aliphatic rings. The molecule has 118 valence electrons.